The van der Waals surface area contributed by atoms with Crippen LogP contribution in [0.1, 0.15) is 12.6 Å². The maximum Gasteiger partial charge on any atom is 0.242 e. The maximum absolute atomic E-state index is 13.3. The van der Waals surface area contributed by atoms with Crippen molar-refractivity contribution in [1.29, 1.82) is 0 Å². The van der Waals surface area contributed by atoms with Gasteiger partial charge in [0.15, 0.2) is 17.3 Å². The SMILES string of the molecule is C[C@@H]1CN(c2[nH]nnc2-c2nc3ccccc3[nH]2)CCN1C(=O)Cn1c(CO)cc2cccnc21. The predicted molar refractivity (Wildman–Crippen MR) is 131 cm³/mol. The first kappa shape index (κ1) is 21.3. The third kappa shape index (κ3) is 3.69. The number of carbonyl (C=O) groups excluding carboxylic acids is 1. The Hall–Kier alpha value is -4.25. The summed E-state index contributed by atoms with van der Waals surface area (Å²) in [6, 6.07) is 13.5. The number of pyridine rings is 1. The molecule has 4 aromatic heterocycles. The fraction of sp³-hybridized carbons (Fsp3) is 0.292. The molecule has 3 N–H and O–H groups in total. The number of aromatic nitrogens is 7. The van der Waals surface area contributed by atoms with E-state index >= 15 is 0 Å². The summed E-state index contributed by atoms with van der Waals surface area (Å²) < 4.78 is 1.80. The summed E-state index contributed by atoms with van der Waals surface area (Å²) in [7, 11) is 0. The second kappa shape index (κ2) is 8.51. The molecule has 1 aliphatic rings. The van der Waals surface area contributed by atoms with Crippen LogP contribution in [0.4, 0.5) is 5.82 Å². The Morgan fingerprint density at radius 3 is 2.91 bits per heavy atom. The highest BCUT2D eigenvalue weighted by atomic mass is 16.3. The van der Waals surface area contributed by atoms with Crippen molar-refractivity contribution < 1.29 is 9.90 Å². The Kier molecular flexibility index (Phi) is 5.18. The Morgan fingerprint density at radius 1 is 1.20 bits per heavy atom. The minimum Gasteiger partial charge on any atom is -0.390 e. The van der Waals surface area contributed by atoms with Crippen LogP contribution < -0.4 is 4.90 Å². The number of rotatable bonds is 5. The fourth-order valence-electron chi connectivity index (χ4n) is 4.87. The van der Waals surface area contributed by atoms with Gasteiger partial charge in [-0.1, -0.05) is 17.3 Å². The van der Waals surface area contributed by atoms with Crippen LogP contribution in [0.5, 0.6) is 0 Å². The van der Waals surface area contributed by atoms with Crippen LogP contribution in [0.2, 0.25) is 0 Å². The summed E-state index contributed by atoms with van der Waals surface area (Å²) >= 11 is 0. The van der Waals surface area contributed by atoms with Gasteiger partial charge in [-0.25, -0.2) is 15.1 Å². The highest BCUT2D eigenvalue weighted by molar-refractivity contribution is 5.83. The molecule has 0 unspecified atom stereocenters. The Bertz CT molecular complexity index is 1480. The van der Waals surface area contributed by atoms with Crippen LogP contribution >= 0.6 is 0 Å². The van der Waals surface area contributed by atoms with Gasteiger partial charge in [-0.15, -0.1) is 5.10 Å². The molecule has 1 saturated heterocycles. The van der Waals surface area contributed by atoms with Gasteiger partial charge in [-0.05, 0) is 37.3 Å². The molecule has 1 amide bonds. The molecule has 1 aliphatic heterocycles. The van der Waals surface area contributed by atoms with Crippen LogP contribution in [0.3, 0.4) is 0 Å². The number of aromatic amines is 2. The van der Waals surface area contributed by atoms with Crippen LogP contribution in [0.15, 0.2) is 48.7 Å². The van der Waals surface area contributed by atoms with Gasteiger partial charge in [0.05, 0.1) is 17.6 Å². The molecule has 0 saturated carbocycles. The highest BCUT2D eigenvalue weighted by Crippen LogP contribution is 2.28. The minimum absolute atomic E-state index is 0.00440. The number of aliphatic hydroxyl groups is 1. The smallest absolute Gasteiger partial charge is 0.242 e. The zero-order valence-electron chi connectivity index (χ0n) is 19.2. The second-order valence-electron chi connectivity index (χ2n) is 8.79. The van der Waals surface area contributed by atoms with E-state index in [0.29, 0.717) is 42.5 Å². The molecule has 5 heterocycles. The molecule has 0 aliphatic carbocycles. The van der Waals surface area contributed by atoms with E-state index in [-0.39, 0.29) is 25.1 Å². The average molecular weight is 472 g/mol. The van der Waals surface area contributed by atoms with Gasteiger partial charge in [-0.3, -0.25) is 4.79 Å². The first-order chi connectivity index (χ1) is 17.1. The lowest BCUT2D eigenvalue weighted by atomic mass is 10.1. The van der Waals surface area contributed by atoms with Gasteiger partial charge >= 0.3 is 0 Å². The summed E-state index contributed by atoms with van der Waals surface area (Å²) in [5, 5.41) is 22.0. The molecule has 0 bridgehead atoms. The van der Waals surface area contributed by atoms with E-state index in [0.717, 1.165) is 22.2 Å². The molecular formula is C24H25N9O2. The number of piperazine rings is 1. The molecule has 11 nitrogen and oxygen atoms in total. The lowest BCUT2D eigenvalue weighted by Gasteiger charge is -2.40. The van der Waals surface area contributed by atoms with Crippen molar-refractivity contribution >= 4 is 33.8 Å². The number of fused-ring (bicyclic) bond motifs is 2. The van der Waals surface area contributed by atoms with Crippen molar-refractivity contribution in [2.24, 2.45) is 0 Å². The number of carbonyl (C=O) groups is 1. The standard InChI is InChI=1S/C24H25N9O2/c1-15-12-31(24-21(28-30-29-24)22-26-18-6-2-3-7-19(18)27-22)9-10-32(15)20(35)13-33-17(14-34)11-16-5-4-8-25-23(16)33/h2-8,11,15,34H,9-10,12-14H2,1H3,(H,26,27)(H,28,29,30)/t15-/m1/s1. The van der Waals surface area contributed by atoms with E-state index in [4.69, 9.17) is 0 Å². The molecular weight excluding hydrogens is 446 g/mol. The average Bonchev–Trinajstić information content (AvgIpc) is 3.60. The summed E-state index contributed by atoms with van der Waals surface area (Å²) in [6.45, 7) is 3.83. The summed E-state index contributed by atoms with van der Waals surface area (Å²) in [4.78, 5) is 29.7. The van der Waals surface area contributed by atoms with Crippen molar-refractivity contribution in [1.82, 2.24) is 39.8 Å². The third-order valence-electron chi connectivity index (χ3n) is 6.60. The molecule has 1 atom stereocenters. The van der Waals surface area contributed by atoms with Gasteiger partial charge in [0.25, 0.3) is 0 Å². The van der Waals surface area contributed by atoms with Gasteiger partial charge < -0.3 is 24.5 Å². The third-order valence-corrected chi connectivity index (χ3v) is 6.60. The van der Waals surface area contributed by atoms with E-state index in [9.17, 15) is 9.90 Å². The maximum atomic E-state index is 13.3. The minimum atomic E-state index is -0.148. The molecule has 1 aromatic carbocycles. The van der Waals surface area contributed by atoms with Gasteiger partial charge in [0.2, 0.25) is 5.91 Å². The number of hydrogen-bond acceptors (Lipinski definition) is 7. The number of nitrogens with one attached hydrogen (secondary N) is 2. The fourth-order valence-corrected chi connectivity index (χ4v) is 4.87. The van der Waals surface area contributed by atoms with Gasteiger partial charge in [0, 0.05) is 43.0 Å². The van der Waals surface area contributed by atoms with Crippen molar-refractivity contribution in [3.8, 4) is 11.5 Å². The monoisotopic (exact) mass is 471 g/mol. The molecule has 0 spiro atoms. The van der Waals surface area contributed by atoms with E-state index in [2.05, 4.69) is 35.3 Å². The zero-order chi connectivity index (χ0) is 23.9. The number of anilines is 1. The highest BCUT2D eigenvalue weighted by Gasteiger charge is 2.31. The van der Waals surface area contributed by atoms with Crippen LogP contribution in [-0.2, 0) is 17.9 Å². The van der Waals surface area contributed by atoms with E-state index in [1.807, 2.05) is 54.3 Å². The number of nitrogens with zero attached hydrogens (tertiary/aromatic N) is 7. The molecule has 178 valence electrons. The molecule has 6 rings (SSSR count). The number of para-hydroxylation sites is 2. The van der Waals surface area contributed by atoms with E-state index in [1.54, 1.807) is 10.8 Å². The second-order valence-corrected chi connectivity index (χ2v) is 8.79. The van der Waals surface area contributed by atoms with Crippen LogP contribution in [-0.4, -0.2) is 76.5 Å². The summed E-state index contributed by atoms with van der Waals surface area (Å²) in [5.74, 6) is 1.44. The Labute approximate surface area is 200 Å². The first-order valence-electron chi connectivity index (χ1n) is 11.6. The normalized spacial score (nSPS) is 16.5. The molecule has 5 aromatic rings. The molecule has 0 radical (unpaired) electrons. The molecule has 1 fully saturated rings. The lowest BCUT2D eigenvalue weighted by molar-refractivity contribution is -0.134. The van der Waals surface area contributed by atoms with Crippen LogP contribution in [0, 0.1) is 0 Å². The van der Waals surface area contributed by atoms with E-state index < -0.39 is 0 Å². The van der Waals surface area contributed by atoms with Crippen molar-refractivity contribution in [2.75, 3.05) is 24.5 Å². The topological polar surface area (TPSA) is 132 Å². The molecule has 11 heteroatoms. The Morgan fingerprint density at radius 2 is 2.09 bits per heavy atom. The zero-order valence-corrected chi connectivity index (χ0v) is 19.2. The quantitative estimate of drug-likeness (QED) is 0.357. The number of aliphatic hydroxyl groups excluding tert-OH is 1. The number of hydrogen-bond donors (Lipinski definition) is 3. The number of H-pyrrole nitrogens is 2. The number of benzene rings is 1. The van der Waals surface area contributed by atoms with Crippen molar-refractivity contribution in [3.63, 3.8) is 0 Å². The number of imidazole rings is 1. The number of amides is 1. The van der Waals surface area contributed by atoms with Gasteiger partial charge in [-0.2, -0.15) is 0 Å². The lowest BCUT2D eigenvalue weighted by Crippen LogP contribution is -2.55. The first-order valence-corrected chi connectivity index (χ1v) is 11.6. The van der Waals surface area contributed by atoms with Gasteiger partial charge in [0.1, 0.15) is 12.2 Å². The van der Waals surface area contributed by atoms with Crippen molar-refractivity contribution in [3.05, 3.63) is 54.4 Å². The molecule has 35 heavy (non-hydrogen) atoms. The largest absolute Gasteiger partial charge is 0.390 e. The summed E-state index contributed by atoms with van der Waals surface area (Å²) in [5.41, 5.74) is 3.85. The van der Waals surface area contributed by atoms with Crippen molar-refractivity contribution in [2.45, 2.75) is 26.1 Å². The van der Waals surface area contributed by atoms with Crippen LogP contribution in [0.25, 0.3) is 33.6 Å². The predicted octanol–water partition coefficient (Wildman–Crippen LogP) is 1.93. The van der Waals surface area contributed by atoms with E-state index in [1.165, 1.54) is 0 Å². The Balaban J connectivity index is 1.20. The summed E-state index contributed by atoms with van der Waals surface area (Å²) in [6.07, 6.45) is 1.70.